The summed E-state index contributed by atoms with van der Waals surface area (Å²) >= 11 is 1.60. The fraction of sp³-hybridized carbons (Fsp3) is 0.138. The van der Waals surface area contributed by atoms with E-state index in [2.05, 4.69) is 71.0 Å². The fourth-order valence-electron chi connectivity index (χ4n) is 3.88. The number of rotatable bonds is 8. The molecule has 6 nitrogen and oxygen atoms in total. The van der Waals surface area contributed by atoms with Crippen LogP contribution in [0.5, 0.6) is 5.75 Å². The van der Waals surface area contributed by atoms with E-state index in [1.807, 2.05) is 40.6 Å². The Bertz CT molecular complexity index is 1500. The number of benzene rings is 3. The Labute approximate surface area is 214 Å². The Morgan fingerprint density at radius 1 is 0.972 bits per heavy atom. The molecule has 180 valence electrons. The molecule has 0 bridgehead atoms. The second kappa shape index (κ2) is 11.0. The van der Waals surface area contributed by atoms with Gasteiger partial charge in [0.1, 0.15) is 5.75 Å². The predicted octanol–water partition coefficient (Wildman–Crippen LogP) is 5.83. The second-order valence-electron chi connectivity index (χ2n) is 8.26. The highest BCUT2D eigenvalue weighted by Gasteiger charge is 2.10. The minimum Gasteiger partial charge on any atom is -0.497 e. The molecule has 0 saturated carbocycles. The Balaban J connectivity index is 1.49. The lowest BCUT2D eigenvalue weighted by Gasteiger charge is -2.08. The molecule has 0 aliphatic carbocycles. The Kier molecular flexibility index (Phi) is 7.19. The van der Waals surface area contributed by atoms with Crippen LogP contribution in [0.2, 0.25) is 0 Å². The van der Waals surface area contributed by atoms with Gasteiger partial charge in [0.05, 0.1) is 24.8 Å². The molecule has 2 aromatic heterocycles. The lowest BCUT2D eigenvalue weighted by atomic mass is 10.1. The van der Waals surface area contributed by atoms with E-state index < -0.39 is 0 Å². The maximum absolute atomic E-state index is 5.34. The molecule has 36 heavy (non-hydrogen) atoms. The normalized spacial score (nSPS) is 12.2. The van der Waals surface area contributed by atoms with Crippen LogP contribution in [-0.2, 0) is 6.42 Å². The molecule has 0 N–H and O–H groups in total. The maximum Gasteiger partial charge on any atom is 0.206 e. The van der Waals surface area contributed by atoms with E-state index in [4.69, 9.17) is 14.8 Å². The van der Waals surface area contributed by atoms with Gasteiger partial charge in [0.15, 0.2) is 0 Å². The van der Waals surface area contributed by atoms with Crippen LogP contribution in [0.1, 0.15) is 18.1 Å². The van der Waals surface area contributed by atoms with E-state index in [-0.39, 0.29) is 0 Å². The van der Waals surface area contributed by atoms with Crippen LogP contribution in [0, 0.1) is 0 Å². The first kappa shape index (κ1) is 23.5. The fourth-order valence-corrected chi connectivity index (χ4v) is 4.74. The number of hydrogen-bond acceptors (Lipinski definition) is 5. The summed E-state index contributed by atoms with van der Waals surface area (Å²) in [4.78, 5) is 9.91. The molecule has 0 radical (unpaired) electrons. The minimum atomic E-state index is 0.695. The van der Waals surface area contributed by atoms with E-state index in [0.29, 0.717) is 6.54 Å². The lowest BCUT2D eigenvalue weighted by molar-refractivity contribution is 0.415. The van der Waals surface area contributed by atoms with Crippen molar-refractivity contribution in [3.8, 4) is 22.7 Å². The number of thiazole rings is 1. The lowest BCUT2D eigenvalue weighted by Crippen LogP contribution is -2.15. The molecular weight excluding hydrogens is 466 g/mol. The summed E-state index contributed by atoms with van der Waals surface area (Å²) in [5.74, 6) is 0.825. The highest BCUT2D eigenvalue weighted by molar-refractivity contribution is 7.07. The quantitative estimate of drug-likeness (QED) is 0.256. The van der Waals surface area contributed by atoms with Crippen molar-refractivity contribution in [1.29, 1.82) is 0 Å². The van der Waals surface area contributed by atoms with Crippen molar-refractivity contribution < 1.29 is 4.74 Å². The molecule has 5 aromatic rings. The van der Waals surface area contributed by atoms with Gasteiger partial charge in [-0.2, -0.15) is 5.10 Å². The summed E-state index contributed by atoms with van der Waals surface area (Å²) in [7, 11) is 1.68. The van der Waals surface area contributed by atoms with Gasteiger partial charge < -0.3 is 9.30 Å². The molecule has 0 aliphatic heterocycles. The van der Waals surface area contributed by atoms with Crippen molar-refractivity contribution in [1.82, 2.24) is 14.2 Å². The molecule has 0 saturated heterocycles. The van der Waals surface area contributed by atoms with Crippen molar-refractivity contribution in [2.24, 2.45) is 10.1 Å². The Morgan fingerprint density at radius 2 is 1.75 bits per heavy atom. The van der Waals surface area contributed by atoms with Crippen LogP contribution in [-0.4, -0.2) is 33.6 Å². The second-order valence-corrected chi connectivity index (χ2v) is 9.10. The average molecular weight is 494 g/mol. The monoisotopic (exact) mass is 493 g/mol. The highest BCUT2D eigenvalue weighted by Crippen LogP contribution is 2.23. The van der Waals surface area contributed by atoms with Gasteiger partial charge in [-0.15, -0.1) is 11.3 Å². The van der Waals surface area contributed by atoms with Crippen LogP contribution < -0.4 is 9.54 Å². The van der Waals surface area contributed by atoms with E-state index in [1.165, 1.54) is 5.56 Å². The number of ether oxygens (including phenoxy) is 1. The SMILES string of the molecule is COc1ccc(-c2csc(=NCCc3ccccc3)n2/N=C(/C)c2ccc(-n3ccnc3)cc2)cc1. The van der Waals surface area contributed by atoms with Crippen LogP contribution >= 0.6 is 11.3 Å². The average Bonchev–Trinajstić information content (AvgIpc) is 3.60. The van der Waals surface area contributed by atoms with Crippen LogP contribution in [0.25, 0.3) is 16.9 Å². The number of hydrogen-bond donors (Lipinski definition) is 0. The van der Waals surface area contributed by atoms with Crippen molar-refractivity contribution >= 4 is 17.0 Å². The van der Waals surface area contributed by atoms with Crippen LogP contribution in [0.15, 0.2) is 113 Å². The third-order valence-corrected chi connectivity index (χ3v) is 6.75. The molecule has 0 atom stereocenters. The largest absolute Gasteiger partial charge is 0.497 e. The molecule has 3 aromatic carbocycles. The number of imidazole rings is 1. The topological polar surface area (TPSA) is 56.7 Å². The third kappa shape index (κ3) is 5.37. The predicted molar refractivity (Wildman–Crippen MR) is 146 cm³/mol. The van der Waals surface area contributed by atoms with E-state index in [9.17, 15) is 0 Å². The summed E-state index contributed by atoms with van der Waals surface area (Å²) in [5.41, 5.74) is 6.34. The standard InChI is InChI=1S/C29H27N5OS/c1-22(24-8-12-26(13-9-24)33-19-18-30-21-33)32-34-28(25-10-14-27(35-2)15-11-25)20-36-29(34)31-17-16-23-6-4-3-5-7-23/h3-15,18-21H,16-17H2,1-2H3/b31-29?,32-22-. The molecule has 2 heterocycles. The summed E-state index contributed by atoms with van der Waals surface area (Å²) in [6.07, 6.45) is 6.38. The number of nitrogens with zero attached hydrogens (tertiary/aromatic N) is 5. The van der Waals surface area contributed by atoms with Crippen molar-refractivity contribution in [3.63, 3.8) is 0 Å². The van der Waals surface area contributed by atoms with E-state index in [1.54, 1.807) is 31.0 Å². The number of methoxy groups -OCH3 is 1. The van der Waals surface area contributed by atoms with Gasteiger partial charge in [-0.25, -0.2) is 9.66 Å². The van der Waals surface area contributed by atoms with Gasteiger partial charge >= 0.3 is 0 Å². The molecule has 0 aliphatic rings. The zero-order valence-corrected chi connectivity index (χ0v) is 21.1. The third-order valence-electron chi connectivity index (χ3n) is 5.90. The van der Waals surface area contributed by atoms with Crippen LogP contribution in [0.3, 0.4) is 0 Å². The molecule has 0 unspecified atom stereocenters. The first-order valence-electron chi connectivity index (χ1n) is 11.7. The smallest absolute Gasteiger partial charge is 0.206 e. The first-order chi connectivity index (χ1) is 17.7. The van der Waals surface area contributed by atoms with Gasteiger partial charge in [-0.05, 0) is 60.9 Å². The van der Waals surface area contributed by atoms with Gasteiger partial charge in [-0.1, -0.05) is 42.5 Å². The Hall–Kier alpha value is -4.23. The molecule has 0 fully saturated rings. The number of aromatic nitrogens is 3. The molecule has 0 spiro atoms. The molecule has 0 amide bonds. The summed E-state index contributed by atoms with van der Waals surface area (Å²) in [5, 5.41) is 7.14. The van der Waals surface area contributed by atoms with Gasteiger partial charge in [0, 0.05) is 35.6 Å². The Morgan fingerprint density at radius 3 is 2.44 bits per heavy atom. The summed E-state index contributed by atoms with van der Waals surface area (Å²) in [6, 6.07) is 26.8. The zero-order valence-electron chi connectivity index (χ0n) is 20.3. The first-order valence-corrected chi connectivity index (χ1v) is 12.6. The van der Waals surface area contributed by atoms with E-state index in [0.717, 1.165) is 45.2 Å². The van der Waals surface area contributed by atoms with E-state index >= 15 is 0 Å². The van der Waals surface area contributed by atoms with Crippen LogP contribution in [0.4, 0.5) is 0 Å². The molecule has 5 rings (SSSR count). The highest BCUT2D eigenvalue weighted by atomic mass is 32.1. The van der Waals surface area contributed by atoms with Gasteiger partial charge in [0.2, 0.25) is 4.80 Å². The molecular formula is C29H27N5OS. The van der Waals surface area contributed by atoms with Crippen molar-refractivity contribution in [3.05, 3.63) is 119 Å². The summed E-state index contributed by atoms with van der Waals surface area (Å²) < 4.78 is 9.28. The zero-order chi connectivity index (χ0) is 24.7. The van der Waals surface area contributed by atoms with Crippen molar-refractivity contribution in [2.75, 3.05) is 13.7 Å². The van der Waals surface area contributed by atoms with Crippen molar-refractivity contribution in [2.45, 2.75) is 13.3 Å². The molecule has 7 heteroatoms. The maximum atomic E-state index is 5.34. The minimum absolute atomic E-state index is 0.695. The van der Waals surface area contributed by atoms with Gasteiger partial charge in [0.25, 0.3) is 0 Å². The van der Waals surface area contributed by atoms with Gasteiger partial charge in [-0.3, -0.25) is 4.99 Å². The summed E-state index contributed by atoms with van der Waals surface area (Å²) in [6.45, 7) is 2.73.